The smallest absolute Gasteiger partial charge is 0.123 e. The average Bonchev–Trinajstić information content (AvgIpc) is 3.11. The fourth-order valence-electron chi connectivity index (χ4n) is 3.59. The molecule has 0 fully saturated rings. The Bertz CT molecular complexity index is 1200. The third-order valence-electron chi connectivity index (χ3n) is 5.11. The van der Waals surface area contributed by atoms with E-state index in [2.05, 4.69) is 28.7 Å². The van der Waals surface area contributed by atoms with E-state index in [0.717, 1.165) is 63.8 Å². The molecule has 5 nitrogen and oxygen atoms in total. The molecule has 0 aliphatic carbocycles. The summed E-state index contributed by atoms with van der Waals surface area (Å²) >= 11 is 0. The van der Waals surface area contributed by atoms with Gasteiger partial charge >= 0.3 is 0 Å². The van der Waals surface area contributed by atoms with Crippen molar-refractivity contribution in [2.45, 2.75) is 33.2 Å². The number of pyridine rings is 1. The first-order valence-electron chi connectivity index (χ1n) is 9.50. The van der Waals surface area contributed by atoms with Crippen molar-refractivity contribution in [2.24, 2.45) is 0 Å². The molecule has 0 N–H and O–H groups in total. The second-order valence-corrected chi connectivity index (χ2v) is 6.97. The maximum atomic E-state index is 9.10. The number of aryl methyl sites for hydroxylation is 2. The highest BCUT2D eigenvalue weighted by Gasteiger charge is 2.17. The molecule has 0 atom stereocenters. The molecule has 2 aromatic heterocycles. The van der Waals surface area contributed by atoms with Crippen LogP contribution in [0.1, 0.15) is 30.9 Å². The Balaban J connectivity index is 2.03. The van der Waals surface area contributed by atoms with E-state index in [9.17, 15) is 0 Å². The Morgan fingerprint density at radius 3 is 2.64 bits per heavy atom. The number of unbranched alkanes of at least 4 members (excludes halogenated alkanes) is 1. The van der Waals surface area contributed by atoms with Gasteiger partial charge in [-0.25, -0.2) is 0 Å². The molecule has 0 radical (unpaired) electrons. The number of hydrogen-bond acceptors (Lipinski definition) is 4. The largest absolute Gasteiger partial charge is 0.496 e. The van der Waals surface area contributed by atoms with Crippen LogP contribution in [0.4, 0.5) is 0 Å². The molecule has 0 aliphatic rings. The van der Waals surface area contributed by atoms with Gasteiger partial charge in [-0.1, -0.05) is 25.5 Å². The van der Waals surface area contributed by atoms with Crippen molar-refractivity contribution >= 4 is 21.8 Å². The molecule has 28 heavy (non-hydrogen) atoms. The Morgan fingerprint density at radius 1 is 1.18 bits per heavy atom. The molecule has 4 rings (SSSR count). The van der Waals surface area contributed by atoms with Crippen LogP contribution in [0.15, 0.2) is 42.6 Å². The van der Waals surface area contributed by atoms with Gasteiger partial charge in [0.1, 0.15) is 11.4 Å². The zero-order chi connectivity index (χ0) is 19.7. The lowest BCUT2D eigenvalue weighted by Crippen LogP contribution is -2.00. The maximum absolute atomic E-state index is 9.10. The van der Waals surface area contributed by atoms with Crippen molar-refractivity contribution in [3.63, 3.8) is 0 Å². The second-order valence-electron chi connectivity index (χ2n) is 6.97. The average molecular weight is 370 g/mol. The molecule has 140 valence electrons. The summed E-state index contributed by atoms with van der Waals surface area (Å²) < 4.78 is 7.53. The predicted molar refractivity (Wildman–Crippen MR) is 111 cm³/mol. The molecule has 0 spiro atoms. The van der Waals surface area contributed by atoms with Crippen molar-refractivity contribution in [1.82, 2.24) is 14.8 Å². The van der Waals surface area contributed by atoms with Gasteiger partial charge in [0, 0.05) is 28.9 Å². The van der Waals surface area contributed by atoms with E-state index in [1.54, 1.807) is 7.11 Å². The Morgan fingerprint density at radius 2 is 1.96 bits per heavy atom. The van der Waals surface area contributed by atoms with E-state index in [4.69, 9.17) is 15.1 Å². The second kappa shape index (κ2) is 7.32. The molecule has 4 aromatic rings. The number of fused-ring (bicyclic) bond motifs is 3. The van der Waals surface area contributed by atoms with Crippen LogP contribution in [-0.4, -0.2) is 21.9 Å². The van der Waals surface area contributed by atoms with Crippen LogP contribution in [0.2, 0.25) is 0 Å². The molecule has 5 heteroatoms. The van der Waals surface area contributed by atoms with Crippen LogP contribution in [0.3, 0.4) is 0 Å². The molecule has 2 aromatic carbocycles. The number of benzene rings is 2. The minimum absolute atomic E-state index is 0.644. The molecule has 0 saturated heterocycles. The number of hydrogen-bond donors (Lipinski definition) is 0. The van der Waals surface area contributed by atoms with Gasteiger partial charge in [-0.05, 0) is 37.1 Å². The number of methoxy groups -OCH3 is 1. The normalized spacial score (nSPS) is 11.1. The highest BCUT2D eigenvalue weighted by molar-refractivity contribution is 6.11. The maximum Gasteiger partial charge on any atom is 0.123 e. The van der Waals surface area contributed by atoms with Crippen molar-refractivity contribution in [3.8, 4) is 23.1 Å². The van der Waals surface area contributed by atoms with E-state index in [-0.39, 0.29) is 0 Å². The summed E-state index contributed by atoms with van der Waals surface area (Å²) in [6.07, 6.45) is 4.07. The van der Waals surface area contributed by atoms with Gasteiger partial charge < -0.3 is 4.74 Å². The first kappa shape index (κ1) is 18.0. The molecule has 0 unspecified atom stereocenters. The molecule has 0 saturated carbocycles. The van der Waals surface area contributed by atoms with Crippen molar-refractivity contribution in [3.05, 3.63) is 53.7 Å². The van der Waals surface area contributed by atoms with Crippen molar-refractivity contribution < 1.29 is 4.74 Å². The third kappa shape index (κ3) is 2.97. The van der Waals surface area contributed by atoms with E-state index in [1.165, 1.54) is 0 Å². The summed E-state index contributed by atoms with van der Waals surface area (Å²) in [4.78, 5) is 4.68. The molecule has 0 aliphatic heterocycles. The van der Waals surface area contributed by atoms with Crippen molar-refractivity contribution in [1.29, 1.82) is 5.26 Å². The van der Waals surface area contributed by atoms with Crippen LogP contribution in [0, 0.1) is 18.3 Å². The van der Waals surface area contributed by atoms with Gasteiger partial charge in [0.2, 0.25) is 0 Å². The summed E-state index contributed by atoms with van der Waals surface area (Å²) in [6.45, 7) is 5.07. The number of nitriles is 1. The summed E-state index contributed by atoms with van der Waals surface area (Å²) in [7, 11) is 1.68. The number of nitrogens with zero attached hydrogens (tertiary/aromatic N) is 4. The monoisotopic (exact) mass is 370 g/mol. The van der Waals surface area contributed by atoms with E-state index < -0.39 is 0 Å². The third-order valence-corrected chi connectivity index (χ3v) is 5.11. The van der Waals surface area contributed by atoms with Crippen LogP contribution >= 0.6 is 0 Å². The summed E-state index contributed by atoms with van der Waals surface area (Å²) in [5.41, 5.74) is 5.56. The predicted octanol–water partition coefficient (Wildman–Crippen LogP) is 5.24. The quantitative estimate of drug-likeness (QED) is 0.482. The Kier molecular flexibility index (Phi) is 4.70. The van der Waals surface area contributed by atoms with E-state index in [1.807, 2.05) is 43.5 Å². The standard InChI is InChI=1S/C23H22N4O/c1-4-5-10-27-20-14-25-19-12-21(28-3)15(2)11-18(19)22(20)23(26-27)17-8-6-16(13-24)7-9-17/h6-9,11-12,14H,4-5,10H2,1-3H3. The topological polar surface area (TPSA) is 63.7 Å². The zero-order valence-electron chi connectivity index (χ0n) is 16.4. The molecular weight excluding hydrogens is 348 g/mol. The van der Waals surface area contributed by atoms with Gasteiger partial charge in [0.05, 0.1) is 36.0 Å². The van der Waals surface area contributed by atoms with Gasteiger partial charge in [-0.3, -0.25) is 9.67 Å². The molecule has 2 heterocycles. The van der Waals surface area contributed by atoms with Crippen LogP contribution in [-0.2, 0) is 6.54 Å². The first-order chi connectivity index (χ1) is 13.7. The molecule has 0 bridgehead atoms. The zero-order valence-corrected chi connectivity index (χ0v) is 16.4. The minimum atomic E-state index is 0.644. The highest BCUT2D eigenvalue weighted by Crippen LogP contribution is 2.35. The van der Waals surface area contributed by atoms with E-state index >= 15 is 0 Å². The molecular formula is C23H22N4O. The number of aromatic nitrogens is 3. The Labute approximate surface area is 164 Å². The number of ether oxygens (including phenoxy) is 1. The summed E-state index contributed by atoms with van der Waals surface area (Å²) in [5, 5.41) is 16.2. The van der Waals surface area contributed by atoms with Gasteiger partial charge in [-0.15, -0.1) is 0 Å². The minimum Gasteiger partial charge on any atom is -0.496 e. The van der Waals surface area contributed by atoms with Crippen molar-refractivity contribution in [2.75, 3.05) is 7.11 Å². The van der Waals surface area contributed by atoms with Crippen LogP contribution < -0.4 is 4.74 Å². The van der Waals surface area contributed by atoms with Gasteiger partial charge in [0.15, 0.2) is 0 Å². The SMILES string of the molecule is CCCCn1nc(-c2ccc(C#N)cc2)c2c3cc(C)c(OC)cc3ncc21. The summed E-state index contributed by atoms with van der Waals surface area (Å²) in [5.74, 6) is 0.831. The summed E-state index contributed by atoms with van der Waals surface area (Å²) in [6, 6.07) is 13.9. The lowest BCUT2D eigenvalue weighted by atomic mass is 10.0. The van der Waals surface area contributed by atoms with Crippen LogP contribution in [0.5, 0.6) is 5.75 Å². The first-order valence-corrected chi connectivity index (χ1v) is 9.50. The van der Waals surface area contributed by atoms with Gasteiger partial charge in [0.25, 0.3) is 0 Å². The fourth-order valence-corrected chi connectivity index (χ4v) is 3.59. The Hall–Kier alpha value is -3.39. The van der Waals surface area contributed by atoms with E-state index in [0.29, 0.717) is 5.56 Å². The fraction of sp³-hybridized carbons (Fsp3) is 0.261. The lowest BCUT2D eigenvalue weighted by molar-refractivity contribution is 0.412. The van der Waals surface area contributed by atoms with Crippen LogP contribution in [0.25, 0.3) is 33.1 Å². The molecule has 0 amide bonds. The number of rotatable bonds is 5. The van der Waals surface area contributed by atoms with Gasteiger partial charge in [-0.2, -0.15) is 10.4 Å². The highest BCUT2D eigenvalue weighted by atomic mass is 16.5. The lowest BCUT2D eigenvalue weighted by Gasteiger charge is -2.08.